The predicted molar refractivity (Wildman–Crippen MR) is 89.7 cm³/mol. The van der Waals surface area contributed by atoms with Crippen molar-refractivity contribution in [2.24, 2.45) is 4.99 Å². The minimum Gasteiger partial charge on any atom is -0.463 e. The minimum atomic E-state index is -1.17. The maximum Gasteiger partial charge on any atom is 0.228 e. The molecule has 24 heavy (non-hydrogen) atoms. The van der Waals surface area contributed by atoms with Crippen LogP contribution in [0.25, 0.3) is 0 Å². The van der Waals surface area contributed by atoms with Crippen LogP contribution in [0.4, 0.5) is 0 Å². The number of hydrogen-bond donors (Lipinski definition) is 3. The Kier molecular flexibility index (Phi) is 5.97. The fourth-order valence-electron chi connectivity index (χ4n) is 2.11. The van der Waals surface area contributed by atoms with Crippen molar-refractivity contribution < 1.29 is 14.0 Å². The summed E-state index contributed by atoms with van der Waals surface area (Å²) in [4.78, 5) is 8.58. The van der Waals surface area contributed by atoms with E-state index in [4.69, 9.17) is 8.94 Å². The van der Waals surface area contributed by atoms with Crippen molar-refractivity contribution >= 4 is 5.96 Å². The number of aliphatic imine (C=N–C) groups is 1. The summed E-state index contributed by atoms with van der Waals surface area (Å²) >= 11 is 0. The molecule has 2 rings (SSSR count). The van der Waals surface area contributed by atoms with Crippen molar-refractivity contribution in [1.82, 2.24) is 20.8 Å². The van der Waals surface area contributed by atoms with Gasteiger partial charge in [-0.2, -0.15) is 4.98 Å². The van der Waals surface area contributed by atoms with Gasteiger partial charge >= 0.3 is 0 Å². The Morgan fingerprint density at radius 2 is 2.12 bits per heavy atom. The summed E-state index contributed by atoms with van der Waals surface area (Å²) in [5, 5.41) is 20.6. The summed E-state index contributed by atoms with van der Waals surface area (Å²) in [5.41, 5.74) is -1.17. The molecule has 1 atom stereocenters. The highest BCUT2D eigenvalue weighted by molar-refractivity contribution is 5.79. The van der Waals surface area contributed by atoms with Gasteiger partial charge in [-0.05, 0) is 39.8 Å². The van der Waals surface area contributed by atoms with E-state index in [9.17, 15) is 5.11 Å². The first kappa shape index (κ1) is 18.0. The summed E-state index contributed by atoms with van der Waals surface area (Å²) in [6, 6.07) is 3.59. The van der Waals surface area contributed by atoms with Gasteiger partial charge in [0.15, 0.2) is 11.8 Å². The van der Waals surface area contributed by atoms with E-state index in [0.29, 0.717) is 42.9 Å². The highest BCUT2D eigenvalue weighted by Gasteiger charge is 2.26. The fourth-order valence-corrected chi connectivity index (χ4v) is 2.11. The number of nitrogens with one attached hydrogen (secondary N) is 2. The zero-order chi connectivity index (χ0) is 17.6. The third-order valence-electron chi connectivity index (χ3n) is 3.36. The Hall–Kier alpha value is -2.35. The van der Waals surface area contributed by atoms with Gasteiger partial charge in [-0.3, -0.25) is 0 Å². The number of nitrogens with zero attached hydrogens (tertiary/aromatic N) is 3. The highest BCUT2D eigenvalue weighted by atomic mass is 16.5. The van der Waals surface area contributed by atoms with Crippen molar-refractivity contribution in [3.63, 3.8) is 0 Å². The van der Waals surface area contributed by atoms with Crippen molar-refractivity contribution in [1.29, 1.82) is 0 Å². The van der Waals surface area contributed by atoms with Gasteiger partial charge in [-0.1, -0.05) is 5.16 Å². The molecule has 0 saturated heterocycles. The van der Waals surface area contributed by atoms with Gasteiger partial charge in [-0.15, -0.1) is 0 Å². The number of rotatable bonds is 7. The Bertz CT molecular complexity index is 675. The molecule has 0 fully saturated rings. The van der Waals surface area contributed by atoms with Gasteiger partial charge < -0.3 is 24.7 Å². The molecule has 0 bridgehead atoms. The normalized spacial score (nSPS) is 14.5. The molecule has 2 heterocycles. The summed E-state index contributed by atoms with van der Waals surface area (Å²) < 4.78 is 10.6. The van der Waals surface area contributed by atoms with E-state index in [0.717, 1.165) is 5.76 Å². The summed E-state index contributed by atoms with van der Waals surface area (Å²) in [5.74, 6) is 3.07. The molecule has 0 saturated carbocycles. The van der Waals surface area contributed by atoms with Crippen LogP contribution in [0.5, 0.6) is 0 Å². The second kappa shape index (κ2) is 7.96. The molecule has 8 nitrogen and oxygen atoms in total. The number of hydrogen-bond acceptors (Lipinski definition) is 6. The van der Waals surface area contributed by atoms with Crippen LogP contribution in [0.3, 0.4) is 0 Å². The van der Waals surface area contributed by atoms with E-state index in [1.165, 1.54) is 0 Å². The molecule has 1 unspecified atom stereocenters. The minimum absolute atomic E-state index is 0.176. The molecule has 0 aliphatic carbocycles. The monoisotopic (exact) mass is 335 g/mol. The second-order valence-corrected chi connectivity index (χ2v) is 5.79. The molecule has 0 amide bonds. The SMILES string of the molecule is CCNC(=NCC(C)(O)c1ccc(C)o1)NCCc1nc(C)no1. The van der Waals surface area contributed by atoms with Gasteiger partial charge in [0.25, 0.3) is 0 Å². The van der Waals surface area contributed by atoms with Gasteiger partial charge in [0, 0.05) is 19.5 Å². The summed E-state index contributed by atoms with van der Waals surface area (Å²) in [6.07, 6.45) is 0.596. The van der Waals surface area contributed by atoms with Crippen molar-refractivity contribution in [2.45, 2.75) is 39.7 Å². The largest absolute Gasteiger partial charge is 0.463 e. The van der Waals surface area contributed by atoms with Gasteiger partial charge in [0.1, 0.15) is 17.1 Å². The molecule has 2 aromatic heterocycles. The van der Waals surface area contributed by atoms with E-state index in [-0.39, 0.29) is 6.54 Å². The van der Waals surface area contributed by atoms with Gasteiger partial charge in [-0.25, -0.2) is 4.99 Å². The molecule has 0 spiro atoms. The molecule has 0 aromatic carbocycles. The Labute approximate surface area is 141 Å². The highest BCUT2D eigenvalue weighted by Crippen LogP contribution is 2.22. The molecule has 8 heteroatoms. The molecule has 3 N–H and O–H groups in total. The van der Waals surface area contributed by atoms with Crippen LogP contribution >= 0.6 is 0 Å². The van der Waals surface area contributed by atoms with Crippen molar-refractivity contribution in [2.75, 3.05) is 19.6 Å². The van der Waals surface area contributed by atoms with Crippen molar-refractivity contribution in [3.8, 4) is 0 Å². The standard InChI is InChI=1S/C16H25N5O3/c1-5-17-15(18-9-8-14-20-12(3)21-24-14)19-10-16(4,22)13-7-6-11(2)23-13/h6-7,22H,5,8-10H2,1-4H3,(H2,17,18,19). The molecule has 0 aliphatic rings. The molecular weight excluding hydrogens is 310 g/mol. The molecule has 0 aliphatic heterocycles. The molecule has 2 aromatic rings. The van der Waals surface area contributed by atoms with E-state index in [1.807, 2.05) is 19.9 Å². The summed E-state index contributed by atoms with van der Waals surface area (Å²) in [7, 11) is 0. The lowest BCUT2D eigenvalue weighted by Gasteiger charge is -2.19. The Morgan fingerprint density at radius 3 is 2.71 bits per heavy atom. The van der Waals surface area contributed by atoms with Crippen LogP contribution in [-0.4, -0.2) is 40.8 Å². The van der Waals surface area contributed by atoms with E-state index in [1.54, 1.807) is 19.9 Å². The van der Waals surface area contributed by atoms with E-state index < -0.39 is 5.60 Å². The van der Waals surface area contributed by atoms with E-state index >= 15 is 0 Å². The van der Waals surface area contributed by atoms with Gasteiger partial charge in [0.05, 0.1) is 6.54 Å². The average Bonchev–Trinajstić information content (AvgIpc) is 3.14. The average molecular weight is 335 g/mol. The smallest absolute Gasteiger partial charge is 0.228 e. The fraction of sp³-hybridized carbons (Fsp3) is 0.562. The first-order valence-corrected chi connectivity index (χ1v) is 8.01. The third kappa shape index (κ3) is 5.09. The zero-order valence-electron chi connectivity index (χ0n) is 14.6. The number of aliphatic hydroxyl groups is 1. The van der Waals surface area contributed by atoms with E-state index in [2.05, 4.69) is 25.8 Å². The predicted octanol–water partition coefficient (Wildman–Crippen LogP) is 1.28. The van der Waals surface area contributed by atoms with Crippen LogP contribution in [0.1, 0.15) is 37.1 Å². The first-order chi connectivity index (χ1) is 11.4. The maximum atomic E-state index is 10.5. The number of guanidine groups is 1. The first-order valence-electron chi connectivity index (χ1n) is 8.01. The van der Waals surface area contributed by atoms with Crippen LogP contribution in [0.15, 0.2) is 26.1 Å². The number of furan rings is 1. The van der Waals surface area contributed by atoms with Crippen LogP contribution in [0.2, 0.25) is 0 Å². The molecule has 132 valence electrons. The maximum absolute atomic E-state index is 10.5. The van der Waals surface area contributed by atoms with Crippen LogP contribution in [-0.2, 0) is 12.0 Å². The zero-order valence-corrected chi connectivity index (χ0v) is 14.6. The molecule has 0 radical (unpaired) electrons. The lowest BCUT2D eigenvalue weighted by atomic mass is 10.0. The lowest BCUT2D eigenvalue weighted by molar-refractivity contribution is 0.0428. The second-order valence-electron chi connectivity index (χ2n) is 5.79. The quantitative estimate of drug-likeness (QED) is 0.516. The summed E-state index contributed by atoms with van der Waals surface area (Å²) in [6.45, 7) is 8.77. The van der Waals surface area contributed by atoms with Crippen LogP contribution in [0, 0.1) is 13.8 Å². The lowest BCUT2D eigenvalue weighted by Crippen LogP contribution is -2.39. The number of aromatic nitrogens is 2. The van der Waals surface area contributed by atoms with Crippen LogP contribution < -0.4 is 10.6 Å². The third-order valence-corrected chi connectivity index (χ3v) is 3.36. The number of aryl methyl sites for hydroxylation is 2. The molecular formula is C16H25N5O3. The Morgan fingerprint density at radius 1 is 1.33 bits per heavy atom. The Balaban J connectivity index is 1.91. The topological polar surface area (TPSA) is 109 Å². The van der Waals surface area contributed by atoms with Gasteiger partial charge in [0.2, 0.25) is 5.89 Å². The van der Waals surface area contributed by atoms with Crippen molar-refractivity contribution in [3.05, 3.63) is 35.4 Å².